The molecule has 0 radical (unpaired) electrons. The standard InChI is InChI=1S/C19H25NO/c1-2-16-8-6-7-11-19(16)21-20-14-12-18(13-15-20)17-9-4-3-5-10-17/h4,6-11,18H,2-3,5,12-15H2,1H3. The Morgan fingerprint density at radius 3 is 2.67 bits per heavy atom. The molecule has 1 saturated heterocycles. The van der Waals surface area contributed by atoms with E-state index in [4.69, 9.17) is 4.84 Å². The predicted octanol–water partition coefficient (Wildman–Crippen LogP) is 4.53. The Balaban J connectivity index is 1.56. The van der Waals surface area contributed by atoms with Crippen molar-refractivity contribution >= 4 is 0 Å². The van der Waals surface area contributed by atoms with E-state index in [0.29, 0.717) is 0 Å². The molecule has 2 heteroatoms. The van der Waals surface area contributed by atoms with Gasteiger partial charge in [-0.3, -0.25) is 0 Å². The highest BCUT2D eigenvalue weighted by molar-refractivity contribution is 5.33. The number of aryl methyl sites for hydroxylation is 1. The molecule has 1 aliphatic heterocycles. The maximum atomic E-state index is 6.11. The molecule has 0 bridgehead atoms. The van der Waals surface area contributed by atoms with Crippen LogP contribution in [0.5, 0.6) is 5.75 Å². The van der Waals surface area contributed by atoms with Crippen molar-refractivity contribution in [1.82, 2.24) is 5.06 Å². The van der Waals surface area contributed by atoms with Crippen LogP contribution in [-0.4, -0.2) is 18.2 Å². The number of hydrogen-bond donors (Lipinski definition) is 0. The first-order valence-electron chi connectivity index (χ1n) is 8.24. The first kappa shape index (κ1) is 14.4. The molecule has 1 aliphatic carbocycles. The molecule has 0 unspecified atom stereocenters. The van der Waals surface area contributed by atoms with Crippen LogP contribution in [0.25, 0.3) is 0 Å². The normalized spacial score (nSPS) is 20.3. The minimum absolute atomic E-state index is 0.725. The summed E-state index contributed by atoms with van der Waals surface area (Å²) >= 11 is 0. The number of piperidine rings is 1. The lowest BCUT2D eigenvalue weighted by Gasteiger charge is -2.32. The van der Waals surface area contributed by atoms with Crippen molar-refractivity contribution in [3.63, 3.8) is 0 Å². The van der Waals surface area contributed by atoms with Gasteiger partial charge in [0.1, 0.15) is 0 Å². The van der Waals surface area contributed by atoms with E-state index in [2.05, 4.69) is 54.5 Å². The third-order valence-electron chi connectivity index (χ3n) is 4.53. The SMILES string of the molecule is CCc1ccccc1ON1CCC(C2=CCCC=C2)CC1. The molecule has 21 heavy (non-hydrogen) atoms. The Morgan fingerprint density at radius 1 is 1.14 bits per heavy atom. The van der Waals surface area contributed by atoms with Crippen molar-refractivity contribution in [2.24, 2.45) is 5.92 Å². The summed E-state index contributed by atoms with van der Waals surface area (Å²) in [6.07, 6.45) is 12.9. The van der Waals surface area contributed by atoms with Crippen molar-refractivity contribution in [3.8, 4) is 5.75 Å². The highest BCUT2D eigenvalue weighted by Gasteiger charge is 2.23. The van der Waals surface area contributed by atoms with Gasteiger partial charge >= 0.3 is 0 Å². The molecular weight excluding hydrogens is 258 g/mol. The predicted molar refractivity (Wildman–Crippen MR) is 87.2 cm³/mol. The van der Waals surface area contributed by atoms with Gasteiger partial charge in [0.2, 0.25) is 0 Å². The van der Waals surface area contributed by atoms with Crippen LogP contribution in [0.3, 0.4) is 0 Å². The van der Waals surface area contributed by atoms with Gasteiger partial charge in [-0.05, 0) is 55.2 Å². The third-order valence-corrected chi connectivity index (χ3v) is 4.53. The molecule has 0 saturated carbocycles. The zero-order chi connectivity index (χ0) is 14.5. The van der Waals surface area contributed by atoms with Crippen LogP contribution < -0.4 is 4.84 Å². The Bertz CT molecular complexity index is 524. The minimum atomic E-state index is 0.725. The first-order valence-corrected chi connectivity index (χ1v) is 8.24. The van der Waals surface area contributed by atoms with Gasteiger partial charge in [-0.1, -0.05) is 43.4 Å². The van der Waals surface area contributed by atoms with Crippen molar-refractivity contribution in [2.45, 2.75) is 39.0 Å². The Hall–Kier alpha value is -1.54. The summed E-state index contributed by atoms with van der Waals surface area (Å²) in [5.41, 5.74) is 2.84. The van der Waals surface area contributed by atoms with Gasteiger partial charge in [-0.2, -0.15) is 0 Å². The number of rotatable bonds is 4. The zero-order valence-corrected chi connectivity index (χ0v) is 12.9. The van der Waals surface area contributed by atoms with Crippen LogP contribution in [0.2, 0.25) is 0 Å². The lowest BCUT2D eigenvalue weighted by Crippen LogP contribution is -2.36. The fraction of sp³-hybridized carbons (Fsp3) is 0.474. The van der Waals surface area contributed by atoms with Crippen molar-refractivity contribution in [2.75, 3.05) is 13.1 Å². The molecule has 1 heterocycles. The Morgan fingerprint density at radius 2 is 1.95 bits per heavy atom. The quantitative estimate of drug-likeness (QED) is 0.805. The van der Waals surface area contributed by atoms with E-state index in [1.54, 1.807) is 5.57 Å². The largest absolute Gasteiger partial charge is 0.406 e. The maximum absolute atomic E-state index is 6.11. The summed E-state index contributed by atoms with van der Waals surface area (Å²) in [7, 11) is 0. The third kappa shape index (κ3) is 3.56. The van der Waals surface area contributed by atoms with Crippen LogP contribution in [0.4, 0.5) is 0 Å². The molecular formula is C19H25NO. The van der Waals surface area contributed by atoms with Crippen molar-refractivity contribution in [1.29, 1.82) is 0 Å². The van der Waals surface area contributed by atoms with E-state index in [1.165, 1.54) is 31.2 Å². The number of nitrogens with zero attached hydrogens (tertiary/aromatic N) is 1. The van der Waals surface area contributed by atoms with Gasteiger partial charge in [0.15, 0.2) is 5.75 Å². The molecule has 0 spiro atoms. The molecule has 3 rings (SSSR count). The van der Waals surface area contributed by atoms with Gasteiger partial charge in [-0.25, -0.2) is 0 Å². The van der Waals surface area contributed by atoms with E-state index in [0.717, 1.165) is 31.2 Å². The number of benzene rings is 1. The molecule has 0 atom stereocenters. The molecule has 2 aliphatic rings. The van der Waals surface area contributed by atoms with Gasteiger partial charge in [0.05, 0.1) is 0 Å². The topological polar surface area (TPSA) is 12.5 Å². The van der Waals surface area contributed by atoms with Crippen molar-refractivity contribution < 1.29 is 4.84 Å². The number of allylic oxidation sites excluding steroid dienone is 4. The Kier molecular flexibility index (Phi) is 4.76. The summed E-state index contributed by atoms with van der Waals surface area (Å²) in [6, 6.07) is 8.37. The van der Waals surface area contributed by atoms with E-state index in [9.17, 15) is 0 Å². The minimum Gasteiger partial charge on any atom is -0.406 e. The highest BCUT2D eigenvalue weighted by Crippen LogP contribution is 2.29. The smallest absolute Gasteiger partial charge is 0.150 e. The first-order chi connectivity index (χ1) is 10.4. The van der Waals surface area contributed by atoms with Crippen LogP contribution in [-0.2, 0) is 6.42 Å². The fourth-order valence-corrected chi connectivity index (χ4v) is 3.24. The van der Waals surface area contributed by atoms with Gasteiger partial charge in [-0.15, -0.1) is 5.06 Å². The summed E-state index contributed by atoms with van der Waals surface area (Å²) in [4.78, 5) is 6.11. The second-order valence-corrected chi connectivity index (χ2v) is 5.94. The van der Waals surface area contributed by atoms with E-state index in [1.807, 2.05) is 0 Å². The molecule has 2 nitrogen and oxygen atoms in total. The molecule has 0 amide bonds. The summed E-state index contributed by atoms with van der Waals surface area (Å²) in [6.45, 7) is 4.22. The van der Waals surface area contributed by atoms with Gasteiger partial charge in [0, 0.05) is 13.1 Å². The van der Waals surface area contributed by atoms with Crippen LogP contribution in [0.15, 0.2) is 48.1 Å². The highest BCUT2D eigenvalue weighted by atomic mass is 16.7. The monoisotopic (exact) mass is 283 g/mol. The van der Waals surface area contributed by atoms with Crippen molar-refractivity contribution in [3.05, 3.63) is 53.6 Å². The average Bonchev–Trinajstić information content (AvgIpc) is 2.57. The van der Waals surface area contributed by atoms with Gasteiger partial charge < -0.3 is 4.84 Å². The molecule has 0 aromatic heterocycles. The zero-order valence-electron chi connectivity index (χ0n) is 12.9. The van der Waals surface area contributed by atoms with Crippen LogP contribution in [0.1, 0.15) is 38.2 Å². The second kappa shape index (κ2) is 6.95. The average molecular weight is 283 g/mol. The molecule has 112 valence electrons. The molecule has 1 fully saturated rings. The van der Waals surface area contributed by atoms with Crippen LogP contribution >= 0.6 is 0 Å². The van der Waals surface area contributed by atoms with E-state index >= 15 is 0 Å². The maximum Gasteiger partial charge on any atom is 0.150 e. The molecule has 0 N–H and O–H groups in total. The number of hydroxylamine groups is 2. The van der Waals surface area contributed by atoms with Crippen LogP contribution in [0, 0.1) is 5.92 Å². The second-order valence-electron chi connectivity index (χ2n) is 5.94. The fourth-order valence-electron chi connectivity index (χ4n) is 3.24. The Labute approximate surface area is 128 Å². The summed E-state index contributed by atoms with van der Waals surface area (Å²) in [5.74, 6) is 1.75. The van der Waals surface area contributed by atoms with Gasteiger partial charge in [0.25, 0.3) is 0 Å². The van der Waals surface area contributed by atoms with E-state index < -0.39 is 0 Å². The van der Waals surface area contributed by atoms with E-state index in [-0.39, 0.29) is 0 Å². The lowest BCUT2D eigenvalue weighted by molar-refractivity contribution is -0.0792. The summed E-state index contributed by atoms with van der Waals surface area (Å²) < 4.78 is 0. The lowest BCUT2D eigenvalue weighted by atomic mass is 9.87. The number of para-hydroxylation sites is 1. The molecule has 1 aromatic rings. The number of hydrogen-bond acceptors (Lipinski definition) is 2. The molecule has 1 aromatic carbocycles. The summed E-state index contributed by atoms with van der Waals surface area (Å²) in [5, 5.41) is 2.14.